The first-order chi connectivity index (χ1) is 11.6. The summed E-state index contributed by atoms with van der Waals surface area (Å²) in [5, 5.41) is 3.05. The highest BCUT2D eigenvalue weighted by Crippen LogP contribution is 2.32. The van der Waals surface area contributed by atoms with E-state index in [-0.39, 0.29) is 17.9 Å². The van der Waals surface area contributed by atoms with Crippen molar-refractivity contribution >= 4 is 11.8 Å². The third-order valence-corrected chi connectivity index (χ3v) is 4.71. The molecule has 2 amide bonds. The third kappa shape index (κ3) is 3.63. The van der Waals surface area contributed by atoms with Crippen LogP contribution in [0, 0.1) is 5.92 Å². The number of piperidine rings is 1. The molecule has 0 aromatic heterocycles. The van der Waals surface area contributed by atoms with Crippen LogP contribution in [-0.2, 0) is 4.79 Å². The molecule has 1 aliphatic heterocycles. The lowest BCUT2D eigenvalue weighted by atomic mass is 10.0. The van der Waals surface area contributed by atoms with Gasteiger partial charge in [-0.1, -0.05) is 0 Å². The Labute approximate surface area is 142 Å². The third-order valence-electron chi connectivity index (χ3n) is 4.71. The summed E-state index contributed by atoms with van der Waals surface area (Å²) in [5.74, 6) is 1.57. The van der Waals surface area contributed by atoms with Crippen LogP contribution < -0.4 is 14.8 Å². The molecule has 130 valence electrons. The number of benzene rings is 1. The van der Waals surface area contributed by atoms with Crippen molar-refractivity contribution < 1.29 is 19.1 Å². The van der Waals surface area contributed by atoms with Crippen molar-refractivity contribution in [1.29, 1.82) is 0 Å². The summed E-state index contributed by atoms with van der Waals surface area (Å²) < 4.78 is 10.4. The minimum Gasteiger partial charge on any atom is -0.493 e. The molecule has 1 aromatic rings. The zero-order valence-corrected chi connectivity index (χ0v) is 14.2. The average molecular weight is 332 g/mol. The van der Waals surface area contributed by atoms with Crippen LogP contribution in [0.25, 0.3) is 0 Å². The van der Waals surface area contributed by atoms with Gasteiger partial charge >= 0.3 is 0 Å². The Morgan fingerprint density at radius 3 is 2.29 bits per heavy atom. The summed E-state index contributed by atoms with van der Waals surface area (Å²) >= 11 is 0. The molecule has 0 spiro atoms. The second kappa shape index (κ2) is 7.11. The minimum absolute atomic E-state index is 0.105. The zero-order chi connectivity index (χ0) is 17.1. The van der Waals surface area contributed by atoms with Gasteiger partial charge in [-0.3, -0.25) is 9.59 Å². The van der Waals surface area contributed by atoms with Crippen LogP contribution in [0.15, 0.2) is 18.2 Å². The first-order valence-corrected chi connectivity index (χ1v) is 8.44. The van der Waals surface area contributed by atoms with Gasteiger partial charge in [0.1, 0.15) is 0 Å². The quantitative estimate of drug-likeness (QED) is 0.893. The summed E-state index contributed by atoms with van der Waals surface area (Å²) in [6.07, 6.45) is 3.68. The minimum atomic E-state index is -0.122. The fourth-order valence-corrected chi connectivity index (χ4v) is 3.08. The molecule has 2 fully saturated rings. The molecule has 1 aliphatic carbocycles. The fraction of sp³-hybridized carbons (Fsp3) is 0.556. The number of rotatable bonds is 5. The van der Waals surface area contributed by atoms with Gasteiger partial charge in [-0.15, -0.1) is 0 Å². The predicted octanol–water partition coefficient (Wildman–Crippen LogP) is 1.83. The van der Waals surface area contributed by atoms with E-state index in [1.165, 1.54) is 0 Å². The first kappa shape index (κ1) is 16.6. The number of likely N-dealkylation sites (tertiary alicyclic amines) is 1. The average Bonchev–Trinajstić information content (AvgIpc) is 3.46. The zero-order valence-electron chi connectivity index (χ0n) is 14.2. The van der Waals surface area contributed by atoms with E-state index in [2.05, 4.69) is 5.32 Å². The highest BCUT2D eigenvalue weighted by atomic mass is 16.5. The summed E-state index contributed by atoms with van der Waals surface area (Å²) in [6, 6.07) is 5.24. The van der Waals surface area contributed by atoms with Gasteiger partial charge in [-0.2, -0.15) is 0 Å². The summed E-state index contributed by atoms with van der Waals surface area (Å²) in [4.78, 5) is 26.4. The highest BCUT2D eigenvalue weighted by molar-refractivity contribution is 5.95. The van der Waals surface area contributed by atoms with Crippen LogP contribution in [0.4, 0.5) is 0 Å². The molecule has 1 N–H and O–H groups in total. The monoisotopic (exact) mass is 332 g/mol. The lowest BCUT2D eigenvalue weighted by molar-refractivity contribution is -0.133. The molecule has 1 saturated heterocycles. The van der Waals surface area contributed by atoms with Gasteiger partial charge in [0.05, 0.1) is 14.2 Å². The maximum Gasteiger partial charge on any atom is 0.251 e. The summed E-state index contributed by atoms with van der Waals surface area (Å²) in [7, 11) is 3.11. The molecule has 0 bridgehead atoms. The van der Waals surface area contributed by atoms with Crippen LogP contribution >= 0.6 is 0 Å². The molecule has 0 atom stereocenters. The normalized spacial score (nSPS) is 18.2. The van der Waals surface area contributed by atoms with Crippen LogP contribution in [0.5, 0.6) is 11.5 Å². The molecule has 1 aromatic carbocycles. The number of nitrogens with one attached hydrogen (secondary N) is 1. The van der Waals surface area contributed by atoms with E-state index < -0.39 is 0 Å². The fourth-order valence-electron chi connectivity index (χ4n) is 3.08. The van der Waals surface area contributed by atoms with Gasteiger partial charge in [0.25, 0.3) is 5.91 Å². The lowest BCUT2D eigenvalue weighted by Gasteiger charge is -2.32. The number of amides is 2. The van der Waals surface area contributed by atoms with Crippen molar-refractivity contribution in [3.8, 4) is 11.5 Å². The van der Waals surface area contributed by atoms with E-state index in [0.29, 0.717) is 23.0 Å². The topological polar surface area (TPSA) is 67.9 Å². The maximum absolute atomic E-state index is 12.4. The van der Waals surface area contributed by atoms with E-state index in [9.17, 15) is 9.59 Å². The predicted molar refractivity (Wildman–Crippen MR) is 89.3 cm³/mol. The molecular formula is C18H24N2O4. The second-order valence-electron chi connectivity index (χ2n) is 6.42. The standard InChI is InChI=1S/C18H24N2O4/c1-23-15-6-5-13(11-16(15)24-2)17(21)19-14-7-9-20(10-8-14)18(22)12-3-4-12/h5-6,11-12,14H,3-4,7-10H2,1-2H3,(H,19,21). The van der Waals surface area contributed by atoms with E-state index >= 15 is 0 Å². The van der Waals surface area contributed by atoms with E-state index in [4.69, 9.17) is 9.47 Å². The molecule has 6 heteroatoms. The van der Waals surface area contributed by atoms with Crippen LogP contribution in [-0.4, -0.2) is 50.1 Å². The number of carbonyl (C=O) groups is 2. The molecule has 1 heterocycles. The molecule has 3 rings (SSSR count). The Bertz CT molecular complexity index is 619. The van der Waals surface area contributed by atoms with Crippen molar-refractivity contribution in [2.24, 2.45) is 5.92 Å². The Hall–Kier alpha value is -2.24. The summed E-state index contributed by atoms with van der Waals surface area (Å²) in [5.41, 5.74) is 0.545. The number of carbonyl (C=O) groups excluding carboxylic acids is 2. The Kier molecular flexibility index (Phi) is 4.92. The van der Waals surface area contributed by atoms with Crippen LogP contribution in [0.3, 0.4) is 0 Å². The molecule has 24 heavy (non-hydrogen) atoms. The number of nitrogens with zero attached hydrogens (tertiary/aromatic N) is 1. The molecule has 1 saturated carbocycles. The van der Waals surface area contributed by atoms with Gasteiger partial charge in [0, 0.05) is 30.6 Å². The molecule has 0 unspecified atom stereocenters. The van der Waals surface area contributed by atoms with Crippen LogP contribution in [0.1, 0.15) is 36.0 Å². The first-order valence-electron chi connectivity index (χ1n) is 8.44. The number of hydrogen-bond acceptors (Lipinski definition) is 4. The number of ether oxygens (including phenoxy) is 2. The van der Waals surface area contributed by atoms with Gasteiger partial charge in [-0.05, 0) is 43.9 Å². The lowest BCUT2D eigenvalue weighted by Crippen LogP contribution is -2.47. The van der Waals surface area contributed by atoms with Gasteiger partial charge < -0.3 is 19.7 Å². The number of methoxy groups -OCH3 is 2. The van der Waals surface area contributed by atoms with Crippen molar-refractivity contribution in [2.45, 2.75) is 31.7 Å². The maximum atomic E-state index is 12.4. The highest BCUT2D eigenvalue weighted by Gasteiger charge is 2.35. The number of hydrogen-bond donors (Lipinski definition) is 1. The Morgan fingerprint density at radius 2 is 1.71 bits per heavy atom. The molecular weight excluding hydrogens is 308 g/mol. The van der Waals surface area contributed by atoms with Gasteiger partial charge in [0.15, 0.2) is 11.5 Å². The SMILES string of the molecule is COc1ccc(C(=O)NC2CCN(C(=O)C3CC3)CC2)cc1OC. The van der Waals surface area contributed by atoms with Gasteiger partial charge in [-0.25, -0.2) is 0 Å². The largest absolute Gasteiger partial charge is 0.493 e. The Balaban J connectivity index is 1.54. The van der Waals surface area contributed by atoms with E-state index in [1.54, 1.807) is 32.4 Å². The molecule has 2 aliphatic rings. The Morgan fingerprint density at radius 1 is 1.04 bits per heavy atom. The van der Waals surface area contributed by atoms with E-state index in [1.807, 2.05) is 4.90 Å². The van der Waals surface area contributed by atoms with Crippen molar-refractivity contribution in [1.82, 2.24) is 10.2 Å². The molecule has 6 nitrogen and oxygen atoms in total. The van der Waals surface area contributed by atoms with Gasteiger partial charge in [0.2, 0.25) is 5.91 Å². The summed E-state index contributed by atoms with van der Waals surface area (Å²) in [6.45, 7) is 1.46. The molecule has 0 radical (unpaired) electrons. The van der Waals surface area contributed by atoms with E-state index in [0.717, 1.165) is 38.8 Å². The van der Waals surface area contributed by atoms with Crippen molar-refractivity contribution in [3.05, 3.63) is 23.8 Å². The van der Waals surface area contributed by atoms with Crippen molar-refractivity contribution in [3.63, 3.8) is 0 Å². The van der Waals surface area contributed by atoms with Crippen molar-refractivity contribution in [2.75, 3.05) is 27.3 Å². The second-order valence-corrected chi connectivity index (χ2v) is 6.42. The van der Waals surface area contributed by atoms with Crippen LogP contribution in [0.2, 0.25) is 0 Å². The smallest absolute Gasteiger partial charge is 0.251 e.